The molecule has 2 amide bonds. The van der Waals surface area contributed by atoms with E-state index in [1.54, 1.807) is 4.90 Å². The Morgan fingerprint density at radius 2 is 1.93 bits per heavy atom. The molecule has 2 fully saturated rings. The van der Waals surface area contributed by atoms with Crippen LogP contribution in [0.3, 0.4) is 0 Å². The molecule has 1 aromatic rings. The number of likely N-dealkylation sites (N-methyl/N-ethyl adjacent to an activating group) is 1. The summed E-state index contributed by atoms with van der Waals surface area (Å²) in [4.78, 5) is 30.8. The fourth-order valence-corrected chi connectivity index (χ4v) is 4.02. The van der Waals surface area contributed by atoms with E-state index in [0.29, 0.717) is 30.7 Å². The number of carbonyl (C=O) groups is 2. The average Bonchev–Trinajstić information content (AvgIpc) is 3.14. The van der Waals surface area contributed by atoms with Gasteiger partial charge in [-0.3, -0.25) is 14.5 Å². The molecule has 0 saturated carbocycles. The minimum atomic E-state index is -0.118. The first kappa shape index (κ1) is 21.6. The summed E-state index contributed by atoms with van der Waals surface area (Å²) in [6, 6.07) is 7.74. The van der Waals surface area contributed by atoms with Crippen molar-refractivity contribution in [1.29, 1.82) is 0 Å². The van der Waals surface area contributed by atoms with Gasteiger partial charge >= 0.3 is 0 Å². The zero-order valence-electron chi connectivity index (χ0n) is 17.9. The van der Waals surface area contributed by atoms with Crippen molar-refractivity contribution in [1.82, 2.24) is 15.1 Å². The standard InChI is InChI=1S/C22H34N4O3/c1-17(2)20(25-12-10-24(3)11-13-25)15-23-21(27)16-29-19-7-4-6-18(14-19)26-9-5-8-22(26)28/h4,6-7,14,17,20H,5,8-13,15-16H2,1-3H3,(H,23,27). The summed E-state index contributed by atoms with van der Waals surface area (Å²) in [5, 5.41) is 3.04. The smallest absolute Gasteiger partial charge is 0.257 e. The molecular weight excluding hydrogens is 368 g/mol. The molecule has 1 atom stereocenters. The Hall–Kier alpha value is -2.12. The lowest BCUT2D eigenvalue weighted by molar-refractivity contribution is -0.123. The van der Waals surface area contributed by atoms with Crippen molar-refractivity contribution >= 4 is 17.5 Å². The molecule has 2 saturated heterocycles. The summed E-state index contributed by atoms with van der Waals surface area (Å²) in [6.45, 7) is 9.96. The molecule has 2 aliphatic heterocycles. The quantitative estimate of drug-likeness (QED) is 0.715. The van der Waals surface area contributed by atoms with Gasteiger partial charge in [-0.2, -0.15) is 0 Å². The minimum Gasteiger partial charge on any atom is -0.484 e. The van der Waals surface area contributed by atoms with Crippen molar-refractivity contribution in [3.63, 3.8) is 0 Å². The number of piperazine rings is 1. The van der Waals surface area contributed by atoms with Gasteiger partial charge in [-0.1, -0.05) is 19.9 Å². The Bertz CT molecular complexity index is 701. The van der Waals surface area contributed by atoms with Crippen LogP contribution < -0.4 is 15.0 Å². The summed E-state index contributed by atoms with van der Waals surface area (Å²) in [5.74, 6) is 1.10. The highest BCUT2D eigenvalue weighted by molar-refractivity contribution is 5.95. The average molecular weight is 403 g/mol. The molecule has 2 heterocycles. The topological polar surface area (TPSA) is 65.1 Å². The number of benzene rings is 1. The van der Waals surface area contributed by atoms with Gasteiger partial charge < -0.3 is 19.9 Å². The largest absolute Gasteiger partial charge is 0.484 e. The maximum absolute atomic E-state index is 12.3. The van der Waals surface area contributed by atoms with Crippen LogP contribution in [-0.4, -0.2) is 80.6 Å². The fourth-order valence-electron chi connectivity index (χ4n) is 4.02. The van der Waals surface area contributed by atoms with Crippen LogP contribution in [0, 0.1) is 5.92 Å². The molecule has 29 heavy (non-hydrogen) atoms. The molecular formula is C22H34N4O3. The van der Waals surface area contributed by atoms with E-state index in [9.17, 15) is 9.59 Å². The first-order valence-corrected chi connectivity index (χ1v) is 10.7. The van der Waals surface area contributed by atoms with Gasteiger partial charge in [0.05, 0.1) is 0 Å². The van der Waals surface area contributed by atoms with Crippen LogP contribution in [-0.2, 0) is 9.59 Å². The maximum atomic E-state index is 12.3. The molecule has 0 spiro atoms. The number of nitrogens with zero attached hydrogens (tertiary/aromatic N) is 3. The lowest BCUT2D eigenvalue weighted by Gasteiger charge is -2.39. The predicted octanol–water partition coefficient (Wildman–Crippen LogP) is 1.58. The minimum absolute atomic E-state index is 0.0229. The van der Waals surface area contributed by atoms with Gasteiger partial charge in [-0.05, 0) is 31.5 Å². The summed E-state index contributed by atoms with van der Waals surface area (Å²) in [7, 11) is 2.15. The Balaban J connectivity index is 1.47. The van der Waals surface area contributed by atoms with Crippen molar-refractivity contribution in [3.8, 4) is 5.75 Å². The van der Waals surface area contributed by atoms with E-state index in [-0.39, 0.29) is 18.4 Å². The summed E-state index contributed by atoms with van der Waals surface area (Å²) in [6.07, 6.45) is 1.48. The molecule has 0 bridgehead atoms. The second kappa shape index (κ2) is 10.1. The third-order valence-electron chi connectivity index (χ3n) is 5.86. The van der Waals surface area contributed by atoms with Crippen LogP contribution in [0.5, 0.6) is 5.75 Å². The number of ether oxygens (including phenoxy) is 1. The highest BCUT2D eigenvalue weighted by Crippen LogP contribution is 2.25. The van der Waals surface area contributed by atoms with Crippen LogP contribution >= 0.6 is 0 Å². The van der Waals surface area contributed by atoms with Crippen molar-refractivity contribution in [2.24, 2.45) is 5.92 Å². The molecule has 1 aromatic carbocycles. The first-order valence-electron chi connectivity index (χ1n) is 10.7. The molecule has 0 aliphatic carbocycles. The van der Waals surface area contributed by atoms with Gasteiger partial charge in [0.2, 0.25) is 5.91 Å². The molecule has 3 rings (SSSR count). The Labute approximate surface area is 174 Å². The SMILES string of the molecule is CC(C)C(CNC(=O)COc1cccc(N2CCCC2=O)c1)N1CCN(C)CC1. The lowest BCUT2D eigenvalue weighted by Crippen LogP contribution is -2.54. The highest BCUT2D eigenvalue weighted by atomic mass is 16.5. The lowest BCUT2D eigenvalue weighted by atomic mass is 10.0. The second-order valence-corrected chi connectivity index (χ2v) is 8.39. The molecule has 0 aromatic heterocycles. The molecule has 160 valence electrons. The van der Waals surface area contributed by atoms with Gasteiger partial charge in [-0.25, -0.2) is 0 Å². The number of hydrogen-bond acceptors (Lipinski definition) is 5. The third kappa shape index (κ3) is 5.93. The van der Waals surface area contributed by atoms with E-state index in [0.717, 1.165) is 44.8 Å². The monoisotopic (exact) mass is 402 g/mol. The van der Waals surface area contributed by atoms with Crippen LogP contribution in [0.15, 0.2) is 24.3 Å². The zero-order valence-corrected chi connectivity index (χ0v) is 17.9. The molecule has 7 heteroatoms. The van der Waals surface area contributed by atoms with Gasteiger partial charge in [0.1, 0.15) is 5.75 Å². The number of hydrogen-bond donors (Lipinski definition) is 1. The van der Waals surface area contributed by atoms with E-state index in [4.69, 9.17) is 4.74 Å². The van der Waals surface area contributed by atoms with Crippen LogP contribution in [0.2, 0.25) is 0 Å². The first-order chi connectivity index (χ1) is 13.9. The highest BCUT2D eigenvalue weighted by Gasteiger charge is 2.25. The normalized spacial score (nSPS) is 19.6. The molecule has 1 unspecified atom stereocenters. The van der Waals surface area contributed by atoms with E-state index < -0.39 is 0 Å². The van der Waals surface area contributed by atoms with Crippen LogP contribution in [0.1, 0.15) is 26.7 Å². The second-order valence-electron chi connectivity index (χ2n) is 8.39. The van der Waals surface area contributed by atoms with Gasteiger partial charge in [0.25, 0.3) is 5.91 Å². The molecule has 2 aliphatic rings. The van der Waals surface area contributed by atoms with E-state index in [2.05, 4.69) is 36.0 Å². The Morgan fingerprint density at radius 1 is 1.17 bits per heavy atom. The summed E-state index contributed by atoms with van der Waals surface area (Å²) in [5.41, 5.74) is 0.834. The van der Waals surface area contributed by atoms with Crippen LogP contribution in [0.25, 0.3) is 0 Å². The number of amides is 2. The molecule has 1 N–H and O–H groups in total. The Kier molecular flexibility index (Phi) is 7.50. The van der Waals surface area contributed by atoms with E-state index >= 15 is 0 Å². The van der Waals surface area contributed by atoms with Gasteiger partial charge in [0, 0.05) is 63.5 Å². The fraction of sp³-hybridized carbons (Fsp3) is 0.636. The maximum Gasteiger partial charge on any atom is 0.257 e. The van der Waals surface area contributed by atoms with Crippen molar-refractivity contribution in [2.75, 3.05) is 57.8 Å². The summed E-state index contributed by atoms with van der Waals surface area (Å²) >= 11 is 0. The zero-order chi connectivity index (χ0) is 20.8. The number of nitrogens with one attached hydrogen (secondary N) is 1. The van der Waals surface area contributed by atoms with Gasteiger partial charge in [-0.15, -0.1) is 0 Å². The Morgan fingerprint density at radius 3 is 2.59 bits per heavy atom. The van der Waals surface area contributed by atoms with Crippen molar-refractivity contribution < 1.29 is 14.3 Å². The van der Waals surface area contributed by atoms with E-state index in [1.807, 2.05) is 24.3 Å². The van der Waals surface area contributed by atoms with E-state index in [1.165, 1.54) is 0 Å². The number of rotatable bonds is 8. The molecule has 0 radical (unpaired) electrons. The molecule has 7 nitrogen and oxygen atoms in total. The van der Waals surface area contributed by atoms with Gasteiger partial charge in [0.15, 0.2) is 6.61 Å². The third-order valence-corrected chi connectivity index (χ3v) is 5.86. The number of anilines is 1. The van der Waals surface area contributed by atoms with Crippen molar-refractivity contribution in [3.05, 3.63) is 24.3 Å². The number of carbonyl (C=O) groups excluding carboxylic acids is 2. The summed E-state index contributed by atoms with van der Waals surface area (Å²) < 4.78 is 5.69. The van der Waals surface area contributed by atoms with Crippen molar-refractivity contribution in [2.45, 2.75) is 32.7 Å². The predicted molar refractivity (Wildman–Crippen MR) is 114 cm³/mol. The van der Waals surface area contributed by atoms with Crippen LogP contribution in [0.4, 0.5) is 5.69 Å².